The summed E-state index contributed by atoms with van der Waals surface area (Å²) < 4.78 is 0. The SMILES string of the molecule is CC1CCN([C@H](CNC(=O)[C@@H](NC(=O)c2ccccc2Cl)C(C)C)c2cccs2)CC1. The van der Waals surface area contributed by atoms with Crippen LogP contribution >= 0.6 is 22.9 Å². The molecule has 0 aliphatic carbocycles. The van der Waals surface area contributed by atoms with Gasteiger partial charge in [-0.2, -0.15) is 0 Å². The molecule has 2 heterocycles. The lowest BCUT2D eigenvalue weighted by Gasteiger charge is -2.36. The Kier molecular flexibility index (Phi) is 8.52. The van der Waals surface area contributed by atoms with Gasteiger partial charge in [0.05, 0.1) is 16.6 Å². The van der Waals surface area contributed by atoms with Gasteiger partial charge >= 0.3 is 0 Å². The van der Waals surface area contributed by atoms with Gasteiger partial charge in [0.1, 0.15) is 6.04 Å². The van der Waals surface area contributed by atoms with E-state index in [1.54, 1.807) is 35.6 Å². The molecule has 1 saturated heterocycles. The summed E-state index contributed by atoms with van der Waals surface area (Å²) in [6, 6.07) is 10.6. The summed E-state index contributed by atoms with van der Waals surface area (Å²) in [5.74, 6) is 0.198. The number of piperidine rings is 1. The number of amides is 2. The second-order valence-electron chi connectivity index (χ2n) is 8.67. The summed E-state index contributed by atoms with van der Waals surface area (Å²) in [6.45, 7) is 8.76. The van der Waals surface area contributed by atoms with Crippen molar-refractivity contribution in [2.24, 2.45) is 11.8 Å². The van der Waals surface area contributed by atoms with Gasteiger partial charge in [0, 0.05) is 11.4 Å². The smallest absolute Gasteiger partial charge is 0.253 e. The third-order valence-electron chi connectivity index (χ3n) is 5.95. The van der Waals surface area contributed by atoms with E-state index in [4.69, 9.17) is 11.6 Å². The molecule has 0 spiro atoms. The Balaban J connectivity index is 1.66. The number of thiophene rings is 1. The predicted octanol–water partition coefficient (Wildman–Crippen LogP) is 4.75. The van der Waals surface area contributed by atoms with Crippen molar-refractivity contribution < 1.29 is 9.59 Å². The molecule has 2 N–H and O–H groups in total. The highest BCUT2D eigenvalue weighted by Gasteiger charge is 2.29. The van der Waals surface area contributed by atoms with Gasteiger partial charge in [0.2, 0.25) is 5.91 Å². The predicted molar refractivity (Wildman–Crippen MR) is 128 cm³/mol. The largest absolute Gasteiger partial charge is 0.352 e. The van der Waals surface area contributed by atoms with Crippen LogP contribution in [-0.2, 0) is 4.79 Å². The Bertz CT molecular complexity index is 863. The number of nitrogens with one attached hydrogen (secondary N) is 2. The van der Waals surface area contributed by atoms with Gasteiger partial charge in [-0.25, -0.2) is 0 Å². The molecule has 0 saturated carbocycles. The molecule has 1 aliphatic heterocycles. The first-order valence-corrected chi connectivity index (χ1v) is 12.2. The molecular weight excluding hydrogens is 430 g/mol. The van der Waals surface area contributed by atoms with E-state index >= 15 is 0 Å². The van der Waals surface area contributed by atoms with Crippen LogP contribution < -0.4 is 10.6 Å². The molecule has 0 unspecified atom stereocenters. The first kappa shape index (κ1) is 23.8. The summed E-state index contributed by atoms with van der Waals surface area (Å²) in [5, 5.41) is 8.44. The van der Waals surface area contributed by atoms with Crippen molar-refractivity contribution in [3.63, 3.8) is 0 Å². The third-order valence-corrected chi connectivity index (χ3v) is 7.26. The monoisotopic (exact) mass is 461 g/mol. The number of benzene rings is 1. The highest BCUT2D eigenvalue weighted by Crippen LogP contribution is 2.29. The van der Waals surface area contributed by atoms with Crippen molar-refractivity contribution in [2.75, 3.05) is 19.6 Å². The molecular formula is C24H32ClN3O2S. The molecule has 2 aromatic rings. The van der Waals surface area contributed by atoms with Crippen LogP contribution in [0.5, 0.6) is 0 Å². The molecule has 0 radical (unpaired) electrons. The molecule has 168 valence electrons. The van der Waals surface area contributed by atoms with E-state index in [1.165, 1.54) is 17.7 Å². The first-order chi connectivity index (χ1) is 14.9. The standard InChI is InChI=1S/C24H32ClN3O2S/c1-16(2)22(27-23(29)18-7-4-5-8-19(18)25)24(30)26-15-20(21-9-6-14-31-21)28-12-10-17(3)11-13-28/h4-9,14,16-17,20,22H,10-13,15H2,1-3H3,(H,26,30)(H,27,29)/t20-,22+/m1/s1. The Labute approximate surface area is 194 Å². The van der Waals surface area contributed by atoms with E-state index in [1.807, 2.05) is 13.8 Å². The molecule has 2 atom stereocenters. The van der Waals surface area contributed by atoms with Gasteiger partial charge in [0.15, 0.2) is 0 Å². The number of carbonyl (C=O) groups is 2. The molecule has 2 amide bonds. The van der Waals surface area contributed by atoms with E-state index in [0.29, 0.717) is 17.1 Å². The molecule has 31 heavy (non-hydrogen) atoms. The van der Waals surface area contributed by atoms with Crippen molar-refractivity contribution in [1.82, 2.24) is 15.5 Å². The fraction of sp³-hybridized carbons (Fsp3) is 0.500. The molecule has 1 fully saturated rings. The van der Waals surface area contributed by atoms with Crippen LogP contribution in [0.25, 0.3) is 0 Å². The van der Waals surface area contributed by atoms with E-state index in [0.717, 1.165) is 19.0 Å². The van der Waals surface area contributed by atoms with Gasteiger partial charge in [0.25, 0.3) is 5.91 Å². The minimum absolute atomic E-state index is 0.0533. The van der Waals surface area contributed by atoms with Crippen molar-refractivity contribution in [3.05, 3.63) is 57.2 Å². The normalized spacial score (nSPS) is 17.3. The number of halogens is 1. The summed E-state index contributed by atoms with van der Waals surface area (Å²) in [6.07, 6.45) is 2.36. The second kappa shape index (κ2) is 11.1. The van der Waals surface area contributed by atoms with Crippen LogP contribution in [0.2, 0.25) is 5.02 Å². The average molecular weight is 462 g/mol. The van der Waals surface area contributed by atoms with Gasteiger partial charge in [-0.05, 0) is 61.3 Å². The van der Waals surface area contributed by atoms with Gasteiger partial charge in [-0.1, -0.05) is 50.6 Å². The third kappa shape index (κ3) is 6.31. The minimum Gasteiger partial charge on any atom is -0.352 e. The zero-order valence-corrected chi connectivity index (χ0v) is 20.0. The fourth-order valence-corrected chi connectivity index (χ4v) is 5.02. The fourth-order valence-electron chi connectivity index (χ4n) is 3.94. The summed E-state index contributed by atoms with van der Waals surface area (Å²) in [5.41, 5.74) is 0.376. The molecule has 7 heteroatoms. The van der Waals surface area contributed by atoms with Crippen LogP contribution in [-0.4, -0.2) is 42.4 Å². The van der Waals surface area contributed by atoms with E-state index in [2.05, 4.69) is 40.0 Å². The Morgan fingerprint density at radius 3 is 2.48 bits per heavy atom. The highest BCUT2D eigenvalue weighted by molar-refractivity contribution is 7.10. The summed E-state index contributed by atoms with van der Waals surface area (Å²) in [4.78, 5) is 29.5. The topological polar surface area (TPSA) is 61.4 Å². The molecule has 1 aromatic heterocycles. The maximum Gasteiger partial charge on any atom is 0.253 e. The zero-order chi connectivity index (χ0) is 22.4. The summed E-state index contributed by atoms with van der Waals surface area (Å²) >= 11 is 7.88. The summed E-state index contributed by atoms with van der Waals surface area (Å²) in [7, 11) is 0. The number of likely N-dealkylation sites (tertiary alicyclic amines) is 1. The van der Waals surface area contributed by atoms with Crippen LogP contribution in [0.4, 0.5) is 0 Å². The molecule has 1 aromatic carbocycles. The lowest BCUT2D eigenvalue weighted by Crippen LogP contribution is -2.51. The molecule has 5 nitrogen and oxygen atoms in total. The van der Waals surface area contributed by atoms with Crippen LogP contribution in [0.15, 0.2) is 41.8 Å². The average Bonchev–Trinajstić information content (AvgIpc) is 3.27. The van der Waals surface area contributed by atoms with Gasteiger partial charge in [-0.15, -0.1) is 11.3 Å². The number of hydrogen-bond acceptors (Lipinski definition) is 4. The zero-order valence-electron chi connectivity index (χ0n) is 18.4. The molecule has 0 bridgehead atoms. The number of rotatable bonds is 8. The lowest BCUT2D eigenvalue weighted by atomic mass is 9.97. The van der Waals surface area contributed by atoms with E-state index in [9.17, 15) is 9.59 Å². The highest BCUT2D eigenvalue weighted by atomic mass is 35.5. The molecule has 3 rings (SSSR count). The Hall–Kier alpha value is -1.89. The van der Waals surface area contributed by atoms with Crippen LogP contribution in [0.3, 0.4) is 0 Å². The quantitative estimate of drug-likeness (QED) is 0.596. The van der Waals surface area contributed by atoms with Crippen LogP contribution in [0, 0.1) is 11.8 Å². The van der Waals surface area contributed by atoms with Crippen molar-refractivity contribution >= 4 is 34.8 Å². The van der Waals surface area contributed by atoms with Gasteiger partial charge < -0.3 is 10.6 Å². The van der Waals surface area contributed by atoms with Crippen molar-refractivity contribution in [1.29, 1.82) is 0 Å². The Morgan fingerprint density at radius 1 is 1.16 bits per heavy atom. The Morgan fingerprint density at radius 2 is 1.87 bits per heavy atom. The minimum atomic E-state index is -0.630. The van der Waals surface area contributed by atoms with Gasteiger partial charge in [-0.3, -0.25) is 14.5 Å². The second-order valence-corrected chi connectivity index (χ2v) is 10.1. The van der Waals surface area contributed by atoms with Crippen molar-refractivity contribution in [2.45, 2.75) is 45.7 Å². The van der Waals surface area contributed by atoms with E-state index < -0.39 is 6.04 Å². The van der Waals surface area contributed by atoms with Crippen molar-refractivity contribution in [3.8, 4) is 0 Å². The molecule has 1 aliphatic rings. The number of carbonyl (C=O) groups excluding carboxylic acids is 2. The lowest BCUT2D eigenvalue weighted by molar-refractivity contribution is -0.124. The number of hydrogen-bond donors (Lipinski definition) is 2. The maximum atomic E-state index is 13.1. The van der Waals surface area contributed by atoms with E-state index in [-0.39, 0.29) is 23.8 Å². The van der Waals surface area contributed by atoms with Crippen LogP contribution in [0.1, 0.15) is 54.9 Å². The first-order valence-electron chi connectivity index (χ1n) is 11.0. The number of nitrogens with zero attached hydrogens (tertiary/aromatic N) is 1. The maximum absolute atomic E-state index is 13.1.